The van der Waals surface area contributed by atoms with Crippen LogP contribution < -0.4 is 10.6 Å². The van der Waals surface area contributed by atoms with E-state index in [2.05, 4.69) is 10.6 Å². The van der Waals surface area contributed by atoms with E-state index in [0.29, 0.717) is 23.2 Å². The molecule has 0 saturated carbocycles. The van der Waals surface area contributed by atoms with E-state index in [0.717, 1.165) is 0 Å². The van der Waals surface area contributed by atoms with E-state index in [4.69, 9.17) is 4.74 Å². The monoisotopic (exact) mass is 402 g/mol. The molecule has 3 aromatic rings. The van der Waals surface area contributed by atoms with Crippen LogP contribution in [0.2, 0.25) is 0 Å². The van der Waals surface area contributed by atoms with Crippen LogP contribution in [0.5, 0.6) is 0 Å². The molecule has 2 N–H and O–H groups in total. The van der Waals surface area contributed by atoms with Gasteiger partial charge in [0.1, 0.15) is 6.29 Å². The highest BCUT2D eigenvalue weighted by Gasteiger charge is 2.15. The van der Waals surface area contributed by atoms with Gasteiger partial charge in [-0.3, -0.25) is 14.4 Å². The SMILES string of the molecule is O=Cc1ccc(C(=O)OCC(=O)Nc2ccccc2C(=O)Nc2ccccc2)cc1. The van der Waals surface area contributed by atoms with Crippen molar-refractivity contribution in [2.45, 2.75) is 0 Å². The second kappa shape index (κ2) is 9.79. The first kappa shape index (κ1) is 20.5. The molecule has 0 aliphatic rings. The average Bonchev–Trinajstić information content (AvgIpc) is 2.78. The molecule has 2 amide bonds. The summed E-state index contributed by atoms with van der Waals surface area (Å²) in [4.78, 5) is 47.4. The van der Waals surface area contributed by atoms with Gasteiger partial charge in [-0.25, -0.2) is 4.79 Å². The summed E-state index contributed by atoms with van der Waals surface area (Å²) in [5.74, 6) is -1.67. The minimum atomic E-state index is -0.697. The van der Waals surface area contributed by atoms with E-state index in [9.17, 15) is 19.2 Å². The van der Waals surface area contributed by atoms with Crippen molar-refractivity contribution >= 4 is 35.4 Å². The van der Waals surface area contributed by atoms with Gasteiger partial charge in [-0.1, -0.05) is 42.5 Å². The molecule has 0 heterocycles. The van der Waals surface area contributed by atoms with E-state index in [1.54, 1.807) is 48.5 Å². The van der Waals surface area contributed by atoms with Crippen molar-refractivity contribution in [1.82, 2.24) is 0 Å². The zero-order valence-electron chi connectivity index (χ0n) is 15.8. The molecule has 0 aromatic heterocycles. The molecule has 0 bridgehead atoms. The molecule has 0 unspecified atom stereocenters. The number of anilines is 2. The Morgan fingerprint density at radius 3 is 2.17 bits per heavy atom. The van der Waals surface area contributed by atoms with Crippen LogP contribution >= 0.6 is 0 Å². The van der Waals surface area contributed by atoms with Gasteiger partial charge in [-0.15, -0.1) is 0 Å². The molecule has 0 atom stereocenters. The van der Waals surface area contributed by atoms with Crippen molar-refractivity contribution in [3.05, 3.63) is 95.6 Å². The summed E-state index contributed by atoms with van der Waals surface area (Å²) < 4.78 is 4.99. The maximum Gasteiger partial charge on any atom is 0.338 e. The Labute approximate surface area is 172 Å². The van der Waals surface area contributed by atoms with Crippen LogP contribution in [0.3, 0.4) is 0 Å². The molecule has 150 valence electrons. The lowest BCUT2D eigenvalue weighted by Crippen LogP contribution is -2.23. The Hall–Kier alpha value is -4.26. The van der Waals surface area contributed by atoms with Crippen molar-refractivity contribution in [2.75, 3.05) is 17.2 Å². The second-order valence-electron chi connectivity index (χ2n) is 6.23. The lowest BCUT2D eigenvalue weighted by atomic mass is 10.1. The maximum atomic E-state index is 12.5. The number of ether oxygens (including phenoxy) is 1. The number of esters is 1. The fraction of sp³-hybridized carbons (Fsp3) is 0.0435. The Morgan fingerprint density at radius 2 is 1.47 bits per heavy atom. The predicted molar refractivity (Wildman–Crippen MR) is 112 cm³/mol. The quantitative estimate of drug-likeness (QED) is 0.465. The topological polar surface area (TPSA) is 102 Å². The molecule has 7 heteroatoms. The number of hydrogen-bond donors (Lipinski definition) is 2. The summed E-state index contributed by atoms with van der Waals surface area (Å²) in [6, 6.07) is 21.3. The smallest absolute Gasteiger partial charge is 0.338 e. The van der Waals surface area contributed by atoms with Crippen molar-refractivity contribution in [3.8, 4) is 0 Å². The lowest BCUT2D eigenvalue weighted by Gasteiger charge is -2.12. The highest BCUT2D eigenvalue weighted by atomic mass is 16.5. The van der Waals surface area contributed by atoms with Crippen molar-refractivity contribution < 1.29 is 23.9 Å². The fourth-order valence-corrected chi connectivity index (χ4v) is 2.61. The molecular formula is C23H18N2O5. The van der Waals surface area contributed by atoms with Gasteiger partial charge >= 0.3 is 5.97 Å². The van der Waals surface area contributed by atoms with Crippen molar-refractivity contribution in [2.24, 2.45) is 0 Å². The molecule has 0 saturated heterocycles. The fourth-order valence-electron chi connectivity index (χ4n) is 2.61. The number of carbonyl (C=O) groups excluding carboxylic acids is 4. The van der Waals surface area contributed by atoms with Gasteiger partial charge in [0.05, 0.1) is 16.8 Å². The standard InChI is InChI=1S/C23H18N2O5/c26-14-16-10-12-17(13-11-16)23(29)30-15-21(27)25-20-9-5-4-8-19(20)22(28)24-18-6-2-1-3-7-18/h1-14H,15H2,(H,24,28)(H,25,27). The number of nitrogens with one attached hydrogen (secondary N) is 2. The molecule has 3 rings (SSSR count). The highest BCUT2D eigenvalue weighted by molar-refractivity contribution is 6.10. The minimum Gasteiger partial charge on any atom is -0.452 e. The van der Waals surface area contributed by atoms with Crippen LogP contribution in [0.1, 0.15) is 31.1 Å². The molecule has 30 heavy (non-hydrogen) atoms. The summed E-state index contributed by atoms with van der Waals surface area (Å²) >= 11 is 0. The Balaban J connectivity index is 1.60. The van der Waals surface area contributed by atoms with Gasteiger partial charge in [-0.05, 0) is 36.4 Å². The van der Waals surface area contributed by atoms with Crippen LogP contribution in [0.15, 0.2) is 78.9 Å². The van der Waals surface area contributed by atoms with E-state index < -0.39 is 18.5 Å². The van der Waals surface area contributed by atoms with Gasteiger partial charge in [0.15, 0.2) is 6.61 Å². The van der Waals surface area contributed by atoms with Crippen LogP contribution in [0.25, 0.3) is 0 Å². The molecule has 0 spiro atoms. The molecule has 0 fully saturated rings. The number of aldehydes is 1. The van der Waals surface area contributed by atoms with E-state index in [1.807, 2.05) is 6.07 Å². The van der Waals surface area contributed by atoms with Crippen molar-refractivity contribution in [3.63, 3.8) is 0 Å². The van der Waals surface area contributed by atoms with E-state index >= 15 is 0 Å². The molecule has 0 radical (unpaired) electrons. The molecule has 7 nitrogen and oxygen atoms in total. The highest BCUT2D eigenvalue weighted by Crippen LogP contribution is 2.17. The third-order valence-electron chi connectivity index (χ3n) is 4.09. The third kappa shape index (κ3) is 5.39. The summed E-state index contributed by atoms with van der Waals surface area (Å²) in [6.07, 6.45) is 0.661. The van der Waals surface area contributed by atoms with Gasteiger partial charge in [0, 0.05) is 11.3 Å². The predicted octanol–water partition coefficient (Wildman–Crippen LogP) is 3.55. The number of carbonyl (C=O) groups is 4. The summed E-state index contributed by atoms with van der Waals surface area (Å²) in [6.45, 7) is -0.525. The molecule has 3 aromatic carbocycles. The first-order chi connectivity index (χ1) is 14.6. The van der Waals surface area contributed by atoms with E-state index in [1.165, 1.54) is 24.3 Å². The third-order valence-corrected chi connectivity index (χ3v) is 4.09. The summed E-state index contributed by atoms with van der Waals surface area (Å²) in [5, 5.41) is 5.33. The average molecular weight is 402 g/mol. The number of para-hydroxylation sites is 2. The van der Waals surface area contributed by atoms with Gasteiger partial charge in [0.2, 0.25) is 0 Å². The molecule has 0 aliphatic carbocycles. The molecular weight excluding hydrogens is 384 g/mol. The minimum absolute atomic E-state index is 0.219. The molecule has 0 aliphatic heterocycles. The van der Waals surface area contributed by atoms with Crippen LogP contribution in [-0.4, -0.2) is 30.7 Å². The van der Waals surface area contributed by atoms with Crippen LogP contribution in [0.4, 0.5) is 11.4 Å². The zero-order chi connectivity index (χ0) is 21.3. The Kier molecular flexibility index (Phi) is 6.68. The number of amides is 2. The van der Waals surface area contributed by atoms with Gasteiger partial charge in [-0.2, -0.15) is 0 Å². The van der Waals surface area contributed by atoms with Crippen molar-refractivity contribution in [1.29, 1.82) is 0 Å². The lowest BCUT2D eigenvalue weighted by molar-refractivity contribution is -0.119. The zero-order valence-corrected chi connectivity index (χ0v) is 15.8. The normalized spacial score (nSPS) is 10.0. The Bertz CT molecular complexity index is 1060. The summed E-state index contributed by atoms with van der Waals surface area (Å²) in [7, 11) is 0. The Morgan fingerprint density at radius 1 is 0.800 bits per heavy atom. The van der Waals surface area contributed by atoms with Crippen LogP contribution in [-0.2, 0) is 9.53 Å². The van der Waals surface area contributed by atoms with Gasteiger partial charge < -0.3 is 15.4 Å². The van der Waals surface area contributed by atoms with Gasteiger partial charge in [0.25, 0.3) is 11.8 Å². The summed E-state index contributed by atoms with van der Waals surface area (Å²) in [5.41, 5.74) is 1.83. The maximum absolute atomic E-state index is 12.5. The number of rotatable bonds is 7. The first-order valence-electron chi connectivity index (χ1n) is 9.04. The largest absolute Gasteiger partial charge is 0.452 e. The van der Waals surface area contributed by atoms with Crippen LogP contribution in [0, 0.1) is 0 Å². The number of benzene rings is 3. The first-order valence-corrected chi connectivity index (χ1v) is 9.04. The second-order valence-corrected chi connectivity index (χ2v) is 6.23. The number of hydrogen-bond acceptors (Lipinski definition) is 5. The van der Waals surface area contributed by atoms with E-state index in [-0.39, 0.29) is 17.0 Å².